The second-order valence-corrected chi connectivity index (χ2v) is 11.1. The van der Waals surface area contributed by atoms with Crippen LogP contribution < -0.4 is 19.7 Å². The predicted octanol–water partition coefficient (Wildman–Crippen LogP) is 4.78. The molecule has 3 heterocycles. The maximum absolute atomic E-state index is 12.6. The molecule has 2 fully saturated rings. The number of carbonyl (C=O) groups is 1. The van der Waals surface area contributed by atoms with Gasteiger partial charge in [0.25, 0.3) is 0 Å². The molecule has 1 aliphatic carbocycles. The molecule has 37 heavy (non-hydrogen) atoms. The zero-order valence-corrected chi connectivity index (χ0v) is 21.9. The highest BCUT2D eigenvalue weighted by Crippen LogP contribution is 2.34. The standard InChI is InChI=1S/C29H34N4O3S/c34-28(12-10-21-9-11-25-26(17-21)36-20-35-25)30-18-22-5-1-2-6-23(22)19-32-13-15-33(16-14-32)29-24-7-3-4-8-27(24)37-31-29/h3-4,7-12,17,22-23H,1-2,5-6,13-16,18-20H2,(H,30,34)/b12-10+/t22-,23-/m1/s1. The Morgan fingerprint density at radius 1 is 1.03 bits per heavy atom. The Balaban J connectivity index is 0.989. The summed E-state index contributed by atoms with van der Waals surface area (Å²) in [6, 6.07) is 14.2. The first-order valence-electron chi connectivity index (χ1n) is 13.4. The van der Waals surface area contributed by atoms with E-state index in [0.29, 0.717) is 11.8 Å². The van der Waals surface area contributed by atoms with Crippen molar-refractivity contribution in [1.82, 2.24) is 14.6 Å². The average molecular weight is 519 g/mol. The van der Waals surface area contributed by atoms with Crippen molar-refractivity contribution in [1.29, 1.82) is 0 Å². The van der Waals surface area contributed by atoms with Gasteiger partial charge < -0.3 is 19.7 Å². The Hall–Kier alpha value is -3.10. The van der Waals surface area contributed by atoms with Crippen LogP contribution in [0.3, 0.4) is 0 Å². The zero-order chi connectivity index (χ0) is 25.0. The monoisotopic (exact) mass is 518 g/mol. The fraction of sp³-hybridized carbons (Fsp3) is 0.448. The second-order valence-electron chi connectivity index (χ2n) is 10.3. The summed E-state index contributed by atoms with van der Waals surface area (Å²) in [5.74, 6) is 3.77. The first-order valence-corrected chi connectivity index (χ1v) is 14.2. The van der Waals surface area contributed by atoms with E-state index in [9.17, 15) is 4.79 Å². The summed E-state index contributed by atoms with van der Waals surface area (Å²) in [6.07, 6.45) is 8.46. The lowest BCUT2D eigenvalue weighted by Crippen LogP contribution is -2.49. The van der Waals surface area contributed by atoms with Gasteiger partial charge in [-0.05, 0) is 72.1 Å². The zero-order valence-electron chi connectivity index (χ0n) is 21.1. The van der Waals surface area contributed by atoms with E-state index in [1.165, 1.54) is 35.8 Å². The van der Waals surface area contributed by atoms with Crippen LogP contribution in [0.1, 0.15) is 31.2 Å². The van der Waals surface area contributed by atoms with Gasteiger partial charge >= 0.3 is 0 Å². The molecule has 0 unspecified atom stereocenters. The number of ether oxygens (including phenoxy) is 2. The highest BCUT2D eigenvalue weighted by atomic mass is 32.1. The van der Waals surface area contributed by atoms with Crippen molar-refractivity contribution in [3.63, 3.8) is 0 Å². The van der Waals surface area contributed by atoms with Crippen LogP contribution in [0.25, 0.3) is 16.2 Å². The van der Waals surface area contributed by atoms with E-state index in [1.807, 2.05) is 24.3 Å². The fourth-order valence-electron chi connectivity index (χ4n) is 5.85. The lowest BCUT2D eigenvalue weighted by Gasteiger charge is -2.40. The topological polar surface area (TPSA) is 66.9 Å². The number of amides is 1. The van der Waals surface area contributed by atoms with E-state index in [1.54, 1.807) is 17.6 Å². The van der Waals surface area contributed by atoms with Gasteiger partial charge in [0.1, 0.15) is 5.82 Å². The van der Waals surface area contributed by atoms with E-state index >= 15 is 0 Å². The van der Waals surface area contributed by atoms with Crippen molar-refractivity contribution in [2.24, 2.45) is 11.8 Å². The minimum Gasteiger partial charge on any atom is -0.454 e. The van der Waals surface area contributed by atoms with Crippen LogP contribution in [-0.4, -0.2) is 61.2 Å². The van der Waals surface area contributed by atoms with Crippen molar-refractivity contribution >= 4 is 39.4 Å². The Bertz CT molecular complexity index is 1270. The average Bonchev–Trinajstić information content (AvgIpc) is 3.59. The number of hydrogen-bond donors (Lipinski definition) is 1. The molecule has 0 bridgehead atoms. The molecule has 2 atom stereocenters. The number of carbonyl (C=O) groups excluding carboxylic acids is 1. The Morgan fingerprint density at radius 3 is 2.73 bits per heavy atom. The number of rotatable bonds is 7. The molecule has 1 saturated heterocycles. The molecule has 1 aromatic heterocycles. The first-order chi connectivity index (χ1) is 18.2. The molecule has 2 aromatic carbocycles. The molecule has 6 rings (SSSR count). The van der Waals surface area contributed by atoms with E-state index in [-0.39, 0.29) is 12.7 Å². The van der Waals surface area contributed by atoms with Gasteiger partial charge in [0.15, 0.2) is 11.5 Å². The van der Waals surface area contributed by atoms with Crippen molar-refractivity contribution in [2.45, 2.75) is 25.7 Å². The van der Waals surface area contributed by atoms with Crippen molar-refractivity contribution < 1.29 is 14.3 Å². The van der Waals surface area contributed by atoms with Crippen molar-refractivity contribution in [3.05, 3.63) is 54.1 Å². The number of benzene rings is 2. The third kappa shape index (κ3) is 5.60. The van der Waals surface area contributed by atoms with E-state index in [4.69, 9.17) is 13.8 Å². The van der Waals surface area contributed by atoms with Crippen LogP contribution >= 0.6 is 11.5 Å². The predicted molar refractivity (Wildman–Crippen MR) is 148 cm³/mol. The maximum atomic E-state index is 12.6. The van der Waals surface area contributed by atoms with Gasteiger partial charge in [0.2, 0.25) is 12.7 Å². The molecule has 0 radical (unpaired) electrons. The molecule has 3 aliphatic rings. The molecule has 1 amide bonds. The van der Waals surface area contributed by atoms with Gasteiger partial charge in [-0.25, -0.2) is 0 Å². The molecule has 8 heteroatoms. The largest absolute Gasteiger partial charge is 0.454 e. The quantitative estimate of drug-likeness (QED) is 0.454. The van der Waals surface area contributed by atoms with Gasteiger partial charge in [-0.2, -0.15) is 4.37 Å². The molecule has 2 aliphatic heterocycles. The van der Waals surface area contributed by atoms with Crippen LogP contribution in [0.2, 0.25) is 0 Å². The van der Waals surface area contributed by atoms with Gasteiger partial charge in [0.05, 0.1) is 4.70 Å². The third-order valence-electron chi connectivity index (χ3n) is 7.95. The third-order valence-corrected chi connectivity index (χ3v) is 8.77. The Morgan fingerprint density at radius 2 is 1.84 bits per heavy atom. The molecule has 1 N–H and O–H groups in total. The number of nitrogens with zero attached hydrogens (tertiary/aromatic N) is 3. The van der Waals surface area contributed by atoms with Crippen LogP contribution in [0.5, 0.6) is 11.5 Å². The maximum Gasteiger partial charge on any atom is 0.244 e. The minimum atomic E-state index is -0.0360. The van der Waals surface area contributed by atoms with Gasteiger partial charge in [0, 0.05) is 50.7 Å². The molecule has 7 nitrogen and oxygen atoms in total. The van der Waals surface area contributed by atoms with Gasteiger partial charge in [-0.3, -0.25) is 9.69 Å². The Labute approximate surface area is 222 Å². The summed E-state index contributed by atoms with van der Waals surface area (Å²) in [5, 5.41) is 4.44. The lowest BCUT2D eigenvalue weighted by molar-refractivity contribution is -0.116. The Kier molecular flexibility index (Phi) is 7.28. The summed E-state index contributed by atoms with van der Waals surface area (Å²) in [6.45, 7) is 6.31. The molecular weight excluding hydrogens is 484 g/mol. The van der Waals surface area contributed by atoms with Gasteiger partial charge in [-0.1, -0.05) is 31.0 Å². The first kappa shape index (κ1) is 24.2. The molecule has 1 saturated carbocycles. The number of fused-ring (bicyclic) bond motifs is 2. The summed E-state index contributed by atoms with van der Waals surface area (Å²) in [4.78, 5) is 17.6. The highest BCUT2D eigenvalue weighted by Gasteiger charge is 2.29. The normalized spacial score (nSPS) is 22.1. The fourth-order valence-corrected chi connectivity index (χ4v) is 6.64. The SMILES string of the molecule is O=C(/C=C/c1ccc2c(c1)OCO2)NC[C@H]1CCCC[C@@H]1CN1CCN(c2nsc3ccccc23)CC1. The van der Waals surface area contributed by atoms with Crippen LogP contribution in [0.4, 0.5) is 5.82 Å². The number of aromatic nitrogens is 1. The summed E-state index contributed by atoms with van der Waals surface area (Å²) in [7, 11) is 0. The van der Waals surface area contributed by atoms with Crippen LogP contribution in [0.15, 0.2) is 48.5 Å². The molecular formula is C29H34N4O3S. The van der Waals surface area contributed by atoms with Crippen LogP contribution in [-0.2, 0) is 4.79 Å². The number of piperazine rings is 1. The highest BCUT2D eigenvalue weighted by molar-refractivity contribution is 7.13. The van der Waals surface area contributed by atoms with E-state index in [2.05, 4.69) is 39.4 Å². The van der Waals surface area contributed by atoms with E-state index in [0.717, 1.165) is 62.1 Å². The number of hydrogen-bond acceptors (Lipinski definition) is 7. The summed E-state index contributed by atoms with van der Waals surface area (Å²) >= 11 is 1.60. The van der Waals surface area contributed by atoms with E-state index < -0.39 is 0 Å². The number of nitrogens with one attached hydrogen (secondary N) is 1. The lowest BCUT2D eigenvalue weighted by atomic mass is 9.78. The second kappa shape index (κ2) is 11.1. The van der Waals surface area contributed by atoms with Gasteiger partial charge in [-0.15, -0.1) is 0 Å². The molecule has 0 spiro atoms. The summed E-state index contributed by atoms with van der Waals surface area (Å²) in [5.41, 5.74) is 0.930. The number of anilines is 1. The molecule has 194 valence electrons. The smallest absolute Gasteiger partial charge is 0.244 e. The molecule has 3 aromatic rings. The van der Waals surface area contributed by atoms with Crippen molar-refractivity contribution in [2.75, 3.05) is 51.0 Å². The van der Waals surface area contributed by atoms with Crippen molar-refractivity contribution in [3.8, 4) is 11.5 Å². The van der Waals surface area contributed by atoms with Crippen LogP contribution in [0, 0.1) is 11.8 Å². The minimum absolute atomic E-state index is 0.0360. The summed E-state index contributed by atoms with van der Waals surface area (Å²) < 4.78 is 16.8.